The summed E-state index contributed by atoms with van der Waals surface area (Å²) in [6, 6.07) is -0.262. The van der Waals surface area contributed by atoms with Crippen LogP contribution in [0.3, 0.4) is 0 Å². The molecule has 1 heterocycles. The molecule has 2 saturated carbocycles. The maximum absolute atomic E-state index is 13.0. The van der Waals surface area contributed by atoms with E-state index in [0.29, 0.717) is 17.8 Å². The monoisotopic (exact) mass is 391 g/mol. The van der Waals surface area contributed by atoms with E-state index in [0.717, 1.165) is 49.8 Å². The third-order valence-electron chi connectivity index (χ3n) is 7.91. The second-order valence-corrected chi connectivity index (χ2v) is 9.90. The van der Waals surface area contributed by atoms with E-state index >= 15 is 0 Å². The van der Waals surface area contributed by atoms with E-state index in [2.05, 4.69) is 31.4 Å². The smallest absolute Gasteiger partial charge is 0.325 e. The molecule has 0 radical (unpaired) electrons. The Balaban J connectivity index is 1.53. The Morgan fingerprint density at radius 1 is 1.18 bits per heavy atom. The Kier molecular flexibility index (Phi) is 6.06. The minimum Gasteiger partial charge on any atom is -0.352 e. The Hall–Kier alpha value is -1.59. The van der Waals surface area contributed by atoms with Crippen LogP contribution in [0, 0.1) is 17.3 Å². The Labute approximate surface area is 169 Å². The van der Waals surface area contributed by atoms with Gasteiger partial charge in [0.15, 0.2) is 0 Å². The number of carbonyl (C=O) groups excluding carboxylic acids is 3. The van der Waals surface area contributed by atoms with Gasteiger partial charge in [-0.1, -0.05) is 47.0 Å². The first-order valence-electron chi connectivity index (χ1n) is 11.1. The van der Waals surface area contributed by atoms with Gasteiger partial charge < -0.3 is 10.6 Å². The van der Waals surface area contributed by atoms with Gasteiger partial charge in [0.1, 0.15) is 12.1 Å². The van der Waals surface area contributed by atoms with Gasteiger partial charge in [-0.15, -0.1) is 0 Å². The third kappa shape index (κ3) is 3.92. The van der Waals surface area contributed by atoms with Crippen molar-refractivity contribution in [3.63, 3.8) is 0 Å². The fraction of sp³-hybridized carbons (Fsp3) is 0.864. The molecule has 158 valence electrons. The highest BCUT2D eigenvalue weighted by Crippen LogP contribution is 2.40. The Bertz CT molecular complexity index is 625. The van der Waals surface area contributed by atoms with Crippen molar-refractivity contribution in [3.8, 4) is 0 Å². The molecule has 28 heavy (non-hydrogen) atoms. The first-order chi connectivity index (χ1) is 13.2. The SMILES string of the molecule is CCC(C)(C)C1CCC(NC(=O)CN2C(=O)NC3(CCCCC3C)C2=O)CC1. The summed E-state index contributed by atoms with van der Waals surface area (Å²) in [5.74, 6) is 0.377. The average molecular weight is 392 g/mol. The zero-order chi connectivity index (χ0) is 20.5. The predicted molar refractivity (Wildman–Crippen MR) is 109 cm³/mol. The molecule has 3 aliphatic rings. The lowest BCUT2D eigenvalue weighted by molar-refractivity contribution is -0.137. The number of urea groups is 1. The highest BCUT2D eigenvalue weighted by molar-refractivity contribution is 6.09. The molecule has 3 fully saturated rings. The van der Waals surface area contributed by atoms with Crippen LogP contribution in [0.1, 0.15) is 85.5 Å². The van der Waals surface area contributed by atoms with Gasteiger partial charge in [-0.3, -0.25) is 14.5 Å². The quantitative estimate of drug-likeness (QED) is 0.703. The first-order valence-corrected chi connectivity index (χ1v) is 11.1. The molecular formula is C22H37N3O3. The minimum absolute atomic E-state index is 0.114. The Morgan fingerprint density at radius 2 is 1.86 bits per heavy atom. The van der Waals surface area contributed by atoms with E-state index in [1.54, 1.807) is 0 Å². The van der Waals surface area contributed by atoms with Crippen molar-refractivity contribution in [2.75, 3.05) is 6.54 Å². The fourth-order valence-electron chi connectivity index (χ4n) is 5.36. The normalized spacial score (nSPS) is 33.9. The molecule has 0 aromatic carbocycles. The molecule has 2 unspecified atom stereocenters. The van der Waals surface area contributed by atoms with Crippen LogP contribution in [0.15, 0.2) is 0 Å². The molecule has 0 aromatic heterocycles. The molecular weight excluding hydrogens is 354 g/mol. The molecule has 1 spiro atoms. The molecule has 0 bridgehead atoms. The third-order valence-corrected chi connectivity index (χ3v) is 7.91. The van der Waals surface area contributed by atoms with Crippen molar-refractivity contribution in [2.24, 2.45) is 17.3 Å². The van der Waals surface area contributed by atoms with Crippen molar-refractivity contribution in [2.45, 2.75) is 97.1 Å². The molecule has 2 aliphatic carbocycles. The summed E-state index contributed by atoms with van der Waals surface area (Å²) in [6.07, 6.45) is 8.99. The summed E-state index contributed by atoms with van der Waals surface area (Å²) >= 11 is 0. The van der Waals surface area contributed by atoms with Crippen molar-refractivity contribution in [1.29, 1.82) is 0 Å². The molecule has 1 saturated heterocycles. The van der Waals surface area contributed by atoms with E-state index in [9.17, 15) is 14.4 Å². The van der Waals surface area contributed by atoms with Crippen LogP contribution in [0.4, 0.5) is 4.79 Å². The molecule has 4 amide bonds. The molecule has 6 nitrogen and oxygen atoms in total. The lowest BCUT2D eigenvalue weighted by Crippen LogP contribution is -2.54. The number of nitrogens with zero attached hydrogens (tertiary/aromatic N) is 1. The molecule has 3 rings (SSSR count). The summed E-state index contributed by atoms with van der Waals surface area (Å²) in [5.41, 5.74) is -0.445. The number of amides is 4. The van der Waals surface area contributed by atoms with Crippen LogP contribution < -0.4 is 10.6 Å². The van der Waals surface area contributed by atoms with E-state index in [-0.39, 0.29) is 30.3 Å². The van der Waals surface area contributed by atoms with Crippen LogP contribution in [0.25, 0.3) is 0 Å². The predicted octanol–water partition coefficient (Wildman–Crippen LogP) is 3.60. The maximum atomic E-state index is 13.0. The standard InChI is InChI=1S/C22H37N3O3/c1-5-21(3,4)16-9-11-17(12-10-16)23-18(26)14-25-19(27)22(24-20(25)28)13-7-6-8-15(22)2/h15-17H,5-14H2,1-4H3,(H,23,26)(H,24,28). The molecule has 2 N–H and O–H groups in total. The maximum Gasteiger partial charge on any atom is 0.325 e. The second-order valence-electron chi connectivity index (χ2n) is 9.90. The topological polar surface area (TPSA) is 78.5 Å². The lowest BCUT2D eigenvalue weighted by Gasteiger charge is -2.39. The Morgan fingerprint density at radius 3 is 2.46 bits per heavy atom. The molecule has 6 heteroatoms. The summed E-state index contributed by atoms with van der Waals surface area (Å²) in [6.45, 7) is 8.76. The van der Waals surface area contributed by atoms with E-state index in [1.165, 1.54) is 6.42 Å². The number of hydrogen-bond donors (Lipinski definition) is 2. The fourth-order valence-corrected chi connectivity index (χ4v) is 5.36. The number of nitrogens with one attached hydrogen (secondary N) is 2. The van der Waals surface area contributed by atoms with Crippen molar-refractivity contribution in [1.82, 2.24) is 15.5 Å². The van der Waals surface area contributed by atoms with Crippen molar-refractivity contribution < 1.29 is 14.4 Å². The molecule has 0 aromatic rings. The number of carbonyl (C=O) groups is 3. The van der Waals surface area contributed by atoms with Gasteiger partial charge in [-0.05, 0) is 55.8 Å². The van der Waals surface area contributed by atoms with E-state index in [4.69, 9.17) is 0 Å². The number of rotatable bonds is 5. The van der Waals surface area contributed by atoms with Crippen molar-refractivity contribution in [3.05, 3.63) is 0 Å². The van der Waals surface area contributed by atoms with Gasteiger partial charge in [0.2, 0.25) is 5.91 Å². The van der Waals surface area contributed by atoms with Crippen LogP contribution in [-0.4, -0.2) is 40.9 Å². The van der Waals surface area contributed by atoms with Crippen LogP contribution in [0.5, 0.6) is 0 Å². The van der Waals surface area contributed by atoms with Gasteiger partial charge in [0.05, 0.1) is 0 Å². The highest BCUT2D eigenvalue weighted by atomic mass is 16.2. The summed E-state index contributed by atoms with van der Waals surface area (Å²) in [7, 11) is 0. The summed E-state index contributed by atoms with van der Waals surface area (Å²) < 4.78 is 0. The van der Waals surface area contributed by atoms with Gasteiger partial charge in [0, 0.05) is 6.04 Å². The van der Waals surface area contributed by atoms with Crippen LogP contribution in [-0.2, 0) is 9.59 Å². The zero-order valence-corrected chi connectivity index (χ0v) is 18.0. The first kappa shape index (κ1) is 21.1. The van der Waals surface area contributed by atoms with E-state index < -0.39 is 11.6 Å². The summed E-state index contributed by atoms with van der Waals surface area (Å²) in [5, 5.41) is 5.98. The van der Waals surface area contributed by atoms with Gasteiger partial charge in [0.25, 0.3) is 5.91 Å². The zero-order valence-electron chi connectivity index (χ0n) is 18.0. The lowest BCUT2D eigenvalue weighted by atomic mass is 9.69. The van der Waals surface area contributed by atoms with Gasteiger partial charge in [-0.2, -0.15) is 0 Å². The van der Waals surface area contributed by atoms with Gasteiger partial charge >= 0.3 is 6.03 Å². The van der Waals surface area contributed by atoms with Crippen LogP contribution >= 0.6 is 0 Å². The van der Waals surface area contributed by atoms with Crippen LogP contribution in [0.2, 0.25) is 0 Å². The highest BCUT2D eigenvalue weighted by Gasteiger charge is 2.55. The number of hydrogen-bond acceptors (Lipinski definition) is 3. The number of imide groups is 1. The van der Waals surface area contributed by atoms with Gasteiger partial charge in [-0.25, -0.2) is 4.79 Å². The second kappa shape index (κ2) is 8.03. The van der Waals surface area contributed by atoms with Crippen molar-refractivity contribution >= 4 is 17.8 Å². The average Bonchev–Trinajstić information content (AvgIpc) is 2.89. The largest absolute Gasteiger partial charge is 0.352 e. The molecule has 1 aliphatic heterocycles. The summed E-state index contributed by atoms with van der Waals surface area (Å²) in [4.78, 5) is 39.1. The van der Waals surface area contributed by atoms with E-state index in [1.807, 2.05) is 6.92 Å². The molecule has 2 atom stereocenters. The minimum atomic E-state index is -0.792.